The molecule has 0 aliphatic rings. The summed E-state index contributed by atoms with van der Waals surface area (Å²) in [6.07, 6.45) is 0. The van der Waals surface area contributed by atoms with Crippen molar-refractivity contribution in [3.8, 4) is 11.5 Å². The Balaban J connectivity index is 1.95. The van der Waals surface area contributed by atoms with Gasteiger partial charge in [0.2, 0.25) is 5.91 Å². The molecule has 0 bridgehead atoms. The van der Waals surface area contributed by atoms with E-state index in [1.807, 2.05) is 37.1 Å². The molecule has 0 atom stereocenters. The number of nitrogens with two attached hydrogens (primary N) is 1. The molecule has 0 unspecified atom stereocenters. The molecule has 0 aliphatic carbocycles. The Morgan fingerprint density at radius 1 is 1.27 bits per heavy atom. The van der Waals surface area contributed by atoms with E-state index in [0.717, 1.165) is 5.56 Å². The summed E-state index contributed by atoms with van der Waals surface area (Å²) in [6.45, 7) is 3.21. The summed E-state index contributed by atoms with van der Waals surface area (Å²) in [7, 11) is 3.43. The van der Waals surface area contributed by atoms with Gasteiger partial charge in [0.15, 0.2) is 11.5 Å². The van der Waals surface area contributed by atoms with E-state index in [1.54, 1.807) is 18.6 Å². The fraction of sp³-hybridized carbons (Fsp3) is 0.333. The second-order valence-electron chi connectivity index (χ2n) is 5.67. The van der Waals surface area contributed by atoms with Crippen molar-refractivity contribution in [2.45, 2.75) is 13.5 Å². The molecule has 0 spiro atoms. The van der Waals surface area contributed by atoms with Gasteiger partial charge in [0.1, 0.15) is 5.00 Å². The van der Waals surface area contributed by atoms with E-state index in [4.69, 9.17) is 15.2 Å². The zero-order valence-electron chi connectivity index (χ0n) is 15.1. The molecule has 3 N–H and O–H groups in total. The zero-order valence-corrected chi connectivity index (χ0v) is 15.9. The van der Waals surface area contributed by atoms with Crippen LogP contribution in [0.25, 0.3) is 0 Å². The number of benzene rings is 1. The van der Waals surface area contributed by atoms with Crippen molar-refractivity contribution in [3.05, 3.63) is 40.8 Å². The third-order valence-corrected chi connectivity index (χ3v) is 4.41. The molecule has 7 nitrogen and oxygen atoms in total. The number of methoxy groups -OCH3 is 1. The average Bonchev–Trinajstić information content (AvgIpc) is 3.04. The van der Waals surface area contributed by atoms with E-state index in [-0.39, 0.29) is 12.5 Å². The number of rotatable bonds is 9. The van der Waals surface area contributed by atoms with Crippen LogP contribution in [-0.2, 0) is 11.3 Å². The van der Waals surface area contributed by atoms with Gasteiger partial charge in [-0.2, -0.15) is 0 Å². The van der Waals surface area contributed by atoms with E-state index in [9.17, 15) is 9.59 Å². The normalized spacial score (nSPS) is 10.6. The summed E-state index contributed by atoms with van der Waals surface area (Å²) in [5.41, 5.74) is 6.60. The Labute approximate surface area is 156 Å². The maximum absolute atomic E-state index is 12.2. The number of likely N-dealkylation sites (N-methyl/N-ethyl adjacent to an activating group) is 1. The molecule has 0 saturated carbocycles. The van der Waals surface area contributed by atoms with Gasteiger partial charge in [0.25, 0.3) is 5.91 Å². The van der Waals surface area contributed by atoms with E-state index in [2.05, 4.69) is 5.32 Å². The first-order valence-corrected chi connectivity index (χ1v) is 8.98. The summed E-state index contributed by atoms with van der Waals surface area (Å²) < 4.78 is 10.8. The Kier molecular flexibility index (Phi) is 6.99. The van der Waals surface area contributed by atoms with Crippen LogP contribution in [0.1, 0.15) is 22.8 Å². The molecule has 26 heavy (non-hydrogen) atoms. The molecule has 2 amide bonds. The van der Waals surface area contributed by atoms with Crippen LogP contribution in [0.3, 0.4) is 0 Å². The minimum atomic E-state index is -0.559. The number of nitrogens with zero attached hydrogens (tertiary/aromatic N) is 1. The number of carbonyl (C=O) groups is 2. The molecule has 8 heteroatoms. The second kappa shape index (κ2) is 9.21. The van der Waals surface area contributed by atoms with Crippen LogP contribution in [0.2, 0.25) is 0 Å². The van der Waals surface area contributed by atoms with Crippen molar-refractivity contribution in [1.29, 1.82) is 0 Å². The number of hydrogen-bond donors (Lipinski definition) is 2. The Morgan fingerprint density at radius 3 is 2.69 bits per heavy atom. The monoisotopic (exact) mass is 377 g/mol. The minimum Gasteiger partial charge on any atom is -0.493 e. The number of nitrogens with one attached hydrogen (secondary N) is 1. The van der Waals surface area contributed by atoms with Gasteiger partial charge in [-0.3, -0.25) is 14.5 Å². The van der Waals surface area contributed by atoms with Crippen LogP contribution in [0.15, 0.2) is 29.6 Å². The summed E-state index contributed by atoms with van der Waals surface area (Å²) >= 11 is 1.27. The molecule has 1 aromatic carbocycles. The molecular formula is C18H23N3O4S. The Hall–Kier alpha value is -2.58. The lowest BCUT2D eigenvalue weighted by molar-refractivity contribution is -0.117. The van der Waals surface area contributed by atoms with Crippen LogP contribution < -0.4 is 20.5 Å². The Bertz CT molecular complexity index is 776. The first kappa shape index (κ1) is 19.7. The van der Waals surface area contributed by atoms with E-state index in [1.165, 1.54) is 11.3 Å². The van der Waals surface area contributed by atoms with E-state index < -0.39 is 5.91 Å². The molecular weight excluding hydrogens is 354 g/mol. The van der Waals surface area contributed by atoms with Gasteiger partial charge in [0.05, 0.1) is 25.8 Å². The summed E-state index contributed by atoms with van der Waals surface area (Å²) in [5.74, 6) is 0.578. The standard InChI is InChI=1S/C18H23N3O4S/c1-4-25-14-6-5-12(9-15(14)24-3)10-21(2)11-16(22)20-18-13(17(19)23)7-8-26-18/h5-9H,4,10-11H2,1-3H3,(H2,19,23)(H,20,22). The third-order valence-electron chi connectivity index (χ3n) is 3.58. The highest BCUT2D eigenvalue weighted by molar-refractivity contribution is 7.14. The van der Waals surface area contributed by atoms with Gasteiger partial charge in [-0.25, -0.2) is 0 Å². The second-order valence-corrected chi connectivity index (χ2v) is 6.58. The predicted molar refractivity (Wildman–Crippen MR) is 102 cm³/mol. The van der Waals surface area contributed by atoms with Crippen LogP contribution in [0, 0.1) is 0 Å². The van der Waals surface area contributed by atoms with Crippen molar-refractivity contribution < 1.29 is 19.1 Å². The SMILES string of the molecule is CCOc1ccc(CN(C)CC(=O)Nc2sccc2C(N)=O)cc1OC. The van der Waals surface area contributed by atoms with E-state index in [0.29, 0.717) is 35.2 Å². The highest BCUT2D eigenvalue weighted by Gasteiger charge is 2.14. The third kappa shape index (κ3) is 5.21. The zero-order chi connectivity index (χ0) is 19.1. The van der Waals surface area contributed by atoms with Crippen molar-refractivity contribution in [2.24, 2.45) is 5.73 Å². The van der Waals surface area contributed by atoms with Gasteiger partial charge < -0.3 is 20.5 Å². The van der Waals surface area contributed by atoms with Gasteiger partial charge in [-0.1, -0.05) is 6.07 Å². The van der Waals surface area contributed by atoms with Gasteiger partial charge in [0, 0.05) is 6.54 Å². The number of primary amides is 1. The number of anilines is 1. The molecule has 0 saturated heterocycles. The van der Waals surface area contributed by atoms with Crippen molar-refractivity contribution >= 4 is 28.2 Å². The summed E-state index contributed by atoms with van der Waals surface area (Å²) in [5, 5.41) is 4.91. The van der Waals surface area contributed by atoms with Gasteiger partial charge in [-0.15, -0.1) is 11.3 Å². The van der Waals surface area contributed by atoms with Crippen molar-refractivity contribution in [1.82, 2.24) is 4.90 Å². The molecule has 1 aromatic heterocycles. The van der Waals surface area contributed by atoms with Gasteiger partial charge >= 0.3 is 0 Å². The molecule has 2 rings (SSSR count). The molecule has 0 radical (unpaired) electrons. The number of amides is 2. The molecule has 140 valence electrons. The summed E-state index contributed by atoms with van der Waals surface area (Å²) in [4.78, 5) is 25.4. The first-order chi connectivity index (χ1) is 12.4. The topological polar surface area (TPSA) is 93.9 Å². The minimum absolute atomic E-state index is 0.172. The smallest absolute Gasteiger partial charge is 0.251 e. The maximum Gasteiger partial charge on any atom is 0.251 e. The van der Waals surface area contributed by atoms with Crippen LogP contribution in [0.5, 0.6) is 11.5 Å². The molecule has 2 aromatic rings. The lowest BCUT2D eigenvalue weighted by Gasteiger charge is -2.17. The van der Waals surface area contributed by atoms with Crippen molar-refractivity contribution in [3.63, 3.8) is 0 Å². The number of hydrogen-bond acceptors (Lipinski definition) is 6. The summed E-state index contributed by atoms with van der Waals surface area (Å²) in [6, 6.07) is 7.28. The van der Waals surface area contributed by atoms with Crippen LogP contribution in [-0.4, -0.2) is 44.0 Å². The quantitative estimate of drug-likeness (QED) is 0.699. The first-order valence-electron chi connectivity index (χ1n) is 8.10. The van der Waals surface area contributed by atoms with Crippen LogP contribution in [0.4, 0.5) is 5.00 Å². The lowest BCUT2D eigenvalue weighted by Crippen LogP contribution is -2.30. The number of thiophene rings is 1. The fourth-order valence-electron chi connectivity index (χ4n) is 2.46. The molecule has 0 aliphatic heterocycles. The highest BCUT2D eigenvalue weighted by Crippen LogP contribution is 2.28. The number of carbonyl (C=O) groups excluding carboxylic acids is 2. The maximum atomic E-state index is 12.2. The predicted octanol–water partition coefficient (Wildman–Crippen LogP) is 2.32. The van der Waals surface area contributed by atoms with Crippen LogP contribution >= 0.6 is 11.3 Å². The lowest BCUT2D eigenvalue weighted by atomic mass is 10.2. The largest absolute Gasteiger partial charge is 0.493 e. The van der Waals surface area contributed by atoms with Gasteiger partial charge in [-0.05, 0) is 43.1 Å². The Morgan fingerprint density at radius 2 is 2.04 bits per heavy atom. The average molecular weight is 377 g/mol. The molecule has 0 fully saturated rings. The number of ether oxygens (including phenoxy) is 2. The van der Waals surface area contributed by atoms with Crippen molar-refractivity contribution in [2.75, 3.05) is 32.6 Å². The fourth-order valence-corrected chi connectivity index (χ4v) is 3.27. The van der Waals surface area contributed by atoms with E-state index >= 15 is 0 Å². The highest BCUT2D eigenvalue weighted by atomic mass is 32.1. The molecule has 1 heterocycles.